The number of amides is 1. The molecule has 0 aliphatic carbocycles. The third-order valence-electron chi connectivity index (χ3n) is 3.75. The number of rotatable bonds is 3. The van der Waals surface area contributed by atoms with Crippen molar-refractivity contribution in [1.29, 1.82) is 0 Å². The van der Waals surface area contributed by atoms with Gasteiger partial charge in [-0.2, -0.15) is 0 Å². The molecule has 0 atom stereocenters. The molecule has 1 saturated heterocycles. The molecule has 1 amide bonds. The number of aromatic nitrogens is 1. The van der Waals surface area contributed by atoms with Crippen molar-refractivity contribution in [3.63, 3.8) is 0 Å². The summed E-state index contributed by atoms with van der Waals surface area (Å²) in [7, 11) is -3.32. The maximum Gasteiger partial charge on any atom is 0.225 e. The van der Waals surface area contributed by atoms with E-state index in [9.17, 15) is 13.2 Å². The molecule has 0 aromatic carbocycles. The van der Waals surface area contributed by atoms with Gasteiger partial charge in [-0.1, -0.05) is 13.8 Å². The number of pyridine rings is 1. The monoisotopic (exact) mass is 325 g/mol. The predicted octanol–water partition coefficient (Wildman–Crippen LogP) is 1.18. The minimum absolute atomic E-state index is 0.0204. The summed E-state index contributed by atoms with van der Waals surface area (Å²) < 4.78 is 23.8. The van der Waals surface area contributed by atoms with E-state index in [1.807, 2.05) is 23.6 Å². The molecule has 0 bridgehead atoms. The first-order valence-corrected chi connectivity index (χ1v) is 9.38. The van der Waals surface area contributed by atoms with Crippen LogP contribution in [0.4, 0.5) is 5.82 Å². The summed E-state index contributed by atoms with van der Waals surface area (Å²) in [5.74, 6) is 0.614. The number of hydrogen-bond acceptors (Lipinski definition) is 5. The number of hydrogen-bond donors (Lipinski definition) is 0. The quantitative estimate of drug-likeness (QED) is 0.834. The van der Waals surface area contributed by atoms with Crippen molar-refractivity contribution in [3.8, 4) is 0 Å². The van der Waals surface area contributed by atoms with Gasteiger partial charge in [0.15, 0.2) is 9.84 Å². The van der Waals surface area contributed by atoms with E-state index >= 15 is 0 Å². The van der Waals surface area contributed by atoms with Gasteiger partial charge in [0.1, 0.15) is 10.7 Å². The first-order chi connectivity index (χ1) is 10.3. The zero-order chi connectivity index (χ0) is 16.3. The third-order valence-corrected chi connectivity index (χ3v) is 4.87. The standard InChI is InChI=1S/C15H23N3O3S/c1-12(2)15(19)18-9-5-8-17(10-11-18)14-13(22(3,20)21)6-4-7-16-14/h4,6-7,12H,5,8-11H2,1-3H3. The van der Waals surface area contributed by atoms with Crippen LogP contribution in [0.25, 0.3) is 0 Å². The van der Waals surface area contributed by atoms with Gasteiger partial charge in [0, 0.05) is 44.5 Å². The Balaban J connectivity index is 2.21. The van der Waals surface area contributed by atoms with Crippen LogP contribution in [0.5, 0.6) is 0 Å². The lowest BCUT2D eigenvalue weighted by molar-refractivity contribution is -0.134. The Morgan fingerprint density at radius 2 is 1.95 bits per heavy atom. The highest BCUT2D eigenvalue weighted by Gasteiger charge is 2.24. The van der Waals surface area contributed by atoms with E-state index in [0.29, 0.717) is 32.0 Å². The average Bonchev–Trinajstić information content (AvgIpc) is 2.71. The van der Waals surface area contributed by atoms with Crippen LogP contribution in [0.15, 0.2) is 23.2 Å². The highest BCUT2D eigenvalue weighted by atomic mass is 32.2. The fourth-order valence-electron chi connectivity index (χ4n) is 2.62. The van der Waals surface area contributed by atoms with E-state index in [0.717, 1.165) is 6.42 Å². The summed E-state index contributed by atoms with van der Waals surface area (Å²) in [5, 5.41) is 0. The largest absolute Gasteiger partial charge is 0.354 e. The molecule has 2 rings (SSSR count). The molecule has 0 N–H and O–H groups in total. The maximum absolute atomic E-state index is 12.1. The highest BCUT2D eigenvalue weighted by Crippen LogP contribution is 2.23. The third kappa shape index (κ3) is 3.76. The zero-order valence-corrected chi connectivity index (χ0v) is 14.1. The molecule has 1 fully saturated rings. The van der Waals surface area contributed by atoms with Crippen molar-refractivity contribution in [2.24, 2.45) is 5.92 Å². The maximum atomic E-state index is 12.1. The average molecular weight is 325 g/mol. The van der Waals surface area contributed by atoms with Crippen LogP contribution in [-0.2, 0) is 14.6 Å². The van der Waals surface area contributed by atoms with Gasteiger partial charge < -0.3 is 9.80 Å². The normalized spacial score (nSPS) is 16.7. The molecule has 7 heteroatoms. The summed E-state index contributed by atoms with van der Waals surface area (Å²) >= 11 is 0. The minimum Gasteiger partial charge on any atom is -0.354 e. The molecular formula is C15H23N3O3S. The summed E-state index contributed by atoms with van der Waals surface area (Å²) in [5.41, 5.74) is 0. The van der Waals surface area contributed by atoms with Gasteiger partial charge in [0.05, 0.1) is 0 Å². The van der Waals surface area contributed by atoms with Crippen molar-refractivity contribution in [2.45, 2.75) is 25.2 Å². The van der Waals surface area contributed by atoms with Crippen LogP contribution >= 0.6 is 0 Å². The fourth-order valence-corrected chi connectivity index (χ4v) is 3.46. The molecule has 1 aromatic heterocycles. The number of carbonyl (C=O) groups excluding carboxylic acids is 1. The van der Waals surface area contributed by atoms with Crippen molar-refractivity contribution >= 4 is 21.6 Å². The van der Waals surface area contributed by atoms with E-state index in [1.165, 1.54) is 6.26 Å². The Kier molecular flexibility index (Phi) is 5.05. The molecule has 22 heavy (non-hydrogen) atoms. The molecule has 0 saturated carbocycles. The smallest absolute Gasteiger partial charge is 0.225 e. The molecule has 1 aromatic rings. The SMILES string of the molecule is CC(C)C(=O)N1CCCN(c2ncccc2S(C)(=O)=O)CC1. The Hall–Kier alpha value is -1.63. The van der Waals surface area contributed by atoms with Gasteiger partial charge >= 0.3 is 0 Å². The summed E-state index contributed by atoms with van der Waals surface area (Å²) in [6.07, 6.45) is 3.60. The van der Waals surface area contributed by atoms with E-state index in [2.05, 4.69) is 4.98 Å². The van der Waals surface area contributed by atoms with Crippen LogP contribution in [0.1, 0.15) is 20.3 Å². The van der Waals surface area contributed by atoms with Gasteiger partial charge in [0.2, 0.25) is 5.91 Å². The topological polar surface area (TPSA) is 70.6 Å². The predicted molar refractivity (Wildman–Crippen MR) is 85.6 cm³/mol. The first kappa shape index (κ1) is 16.7. The van der Waals surface area contributed by atoms with E-state index in [-0.39, 0.29) is 16.7 Å². The van der Waals surface area contributed by atoms with Crippen molar-refractivity contribution < 1.29 is 13.2 Å². The van der Waals surface area contributed by atoms with Crippen LogP contribution in [0, 0.1) is 5.92 Å². The number of sulfone groups is 1. The van der Waals surface area contributed by atoms with Gasteiger partial charge in [-0.3, -0.25) is 4.79 Å². The lowest BCUT2D eigenvalue weighted by Gasteiger charge is -2.25. The van der Waals surface area contributed by atoms with Crippen LogP contribution in [0.2, 0.25) is 0 Å². The molecule has 0 radical (unpaired) electrons. The van der Waals surface area contributed by atoms with Gasteiger partial charge in [-0.25, -0.2) is 13.4 Å². The molecule has 2 heterocycles. The lowest BCUT2D eigenvalue weighted by atomic mass is 10.2. The molecule has 0 unspecified atom stereocenters. The molecular weight excluding hydrogens is 302 g/mol. The molecule has 0 spiro atoms. The van der Waals surface area contributed by atoms with E-state index < -0.39 is 9.84 Å². The second-order valence-electron chi connectivity index (χ2n) is 5.92. The van der Waals surface area contributed by atoms with Crippen LogP contribution in [-0.4, -0.2) is 56.6 Å². The van der Waals surface area contributed by atoms with Crippen molar-refractivity contribution in [1.82, 2.24) is 9.88 Å². The Morgan fingerprint density at radius 1 is 1.23 bits per heavy atom. The van der Waals surface area contributed by atoms with Crippen molar-refractivity contribution in [3.05, 3.63) is 18.3 Å². The van der Waals surface area contributed by atoms with Gasteiger partial charge in [-0.05, 0) is 18.6 Å². The molecule has 122 valence electrons. The Bertz CT molecular complexity index is 643. The first-order valence-electron chi connectivity index (χ1n) is 7.49. The van der Waals surface area contributed by atoms with Gasteiger partial charge in [-0.15, -0.1) is 0 Å². The second kappa shape index (κ2) is 6.64. The summed E-state index contributed by atoms with van der Waals surface area (Å²) in [4.78, 5) is 20.4. The highest BCUT2D eigenvalue weighted by molar-refractivity contribution is 7.90. The summed E-state index contributed by atoms with van der Waals surface area (Å²) in [6.45, 7) is 6.38. The second-order valence-corrected chi connectivity index (χ2v) is 7.90. The summed E-state index contributed by atoms with van der Waals surface area (Å²) in [6, 6.07) is 3.21. The van der Waals surface area contributed by atoms with Gasteiger partial charge in [0.25, 0.3) is 0 Å². The Morgan fingerprint density at radius 3 is 2.59 bits per heavy atom. The molecule has 1 aliphatic rings. The number of nitrogens with zero attached hydrogens (tertiary/aromatic N) is 3. The van der Waals surface area contributed by atoms with Crippen molar-refractivity contribution in [2.75, 3.05) is 37.3 Å². The van der Waals surface area contributed by atoms with E-state index in [4.69, 9.17) is 0 Å². The zero-order valence-electron chi connectivity index (χ0n) is 13.3. The molecule has 6 nitrogen and oxygen atoms in total. The van der Waals surface area contributed by atoms with Crippen LogP contribution in [0.3, 0.4) is 0 Å². The minimum atomic E-state index is -3.32. The van der Waals surface area contributed by atoms with E-state index in [1.54, 1.807) is 18.3 Å². The number of carbonyl (C=O) groups is 1. The fraction of sp³-hybridized carbons (Fsp3) is 0.600. The number of anilines is 1. The van der Waals surface area contributed by atoms with Crippen LogP contribution < -0.4 is 4.90 Å². The molecule has 1 aliphatic heterocycles. The Labute approximate surface area is 132 Å². The lowest BCUT2D eigenvalue weighted by Crippen LogP contribution is -2.37.